The third-order valence-electron chi connectivity index (χ3n) is 3.65. The average Bonchev–Trinajstić information content (AvgIpc) is 2.97. The summed E-state index contributed by atoms with van der Waals surface area (Å²) in [4.78, 5) is 3.05. The van der Waals surface area contributed by atoms with Crippen LogP contribution in [0.15, 0.2) is 29.6 Å². The molecule has 0 unspecified atom stereocenters. The van der Waals surface area contributed by atoms with Crippen LogP contribution in [0.4, 0.5) is 8.78 Å². The van der Waals surface area contributed by atoms with E-state index in [0.717, 1.165) is 31.1 Å². The Bertz CT molecular complexity index is 593. The van der Waals surface area contributed by atoms with Crippen molar-refractivity contribution in [1.82, 2.24) is 10.2 Å². The van der Waals surface area contributed by atoms with Crippen molar-refractivity contribution < 1.29 is 8.78 Å². The predicted molar refractivity (Wildman–Crippen MR) is 89.2 cm³/mol. The molecule has 1 saturated heterocycles. The quantitative estimate of drug-likeness (QED) is 0.881. The van der Waals surface area contributed by atoms with Crippen molar-refractivity contribution in [2.75, 3.05) is 26.2 Å². The Morgan fingerprint density at radius 3 is 2.36 bits per heavy atom. The van der Waals surface area contributed by atoms with Gasteiger partial charge < -0.3 is 5.32 Å². The van der Waals surface area contributed by atoms with Crippen molar-refractivity contribution in [3.8, 4) is 0 Å². The minimum Gasteiger partial charge on any atom is -0.314 e. The number of halogens is 4. The molecule has 1 aromatic heterocycles. The smallest absolute Gasteiger partial charge is 0.132 e. The highest BCUT2D eigenvalue weighted by atomic mass is 35.5. The summed E-state index contributed by atoms with van der Waals surface area (Å²) < 4.78 is 28.7. The molecule has 0 radical (unpaired) electrons. The first-order valence-corrected chi connectivity index (χ1v) is 8.05. The van der Waals surface area contributed by atoms with E-state index >= 15 is 0 Å². The topological polar surface area (TPSA) is 15.3 Å². The van der Waals surface area contributed by atoms with E-state index in [4.69, 9.17) is 11.6 Å². The lowest BCUT2D eigenvalue weighted by molar-refractivity contribution is 0.194. The molecule has 1 aliphatic heterocycles. The van der Waals surface area contributed by atoms with Crippen LogP contribution in [0.25, 0.3) is 0 Å². The van der Waals surface area contributed by atoms with E-state index in [1.165, 1.54) is 23.5 Å². The fourth-order valence-corrected chi connectivity index (χ4v) is 3.77. The van der Waals surface area contributed by atoms with E-state index in [0.29, 0.717) is 0 Å². The molecule has 1 aliphatic rings. The molecule has 2 heterocycles. The molecule has 2 aromatic rings. The van der Waals surface area contributed by atoms with Gasteiger partial charge in [-0.3, -0.25) is 4.90 Å². The molecule has 1 aromatic carbocycles. The molecular formula is C15H16Cl2F2N2S. The first kappa shape index (κ1) is 17.6. The predicted octanol–water partition coefficient (Wildman–Crippen LogP) is 4.10. The van der Waals surface area contributed by atoms with Gasteiger partial charge in [-0.1, -0.05) is 17.7 Å². The number of hydrogen-bond donors (Lipinski definition) is 1. The number of rotatable bonds is 3. The summed E-state index contributed by atoms with van der Waals surface area (Å²) in [5, 5.41) is 5.27. The van der Waals surface area contributed by atoms with E-state index in [2.05, 4.69) is 10.2 Å². The molecule has 7 heteroatoms. The second kappa shape index (κ2) is 7.70. The van der Waals surface area contributed by atoms with Gasteiger partial charge in [-0.15, -0.1) is 23.7 Å². The first-order valence-electron chi connectivity index (χ1n) is 6.79. The highest BCUT2D eigenvalue weighted by Crippen LogP contribution is 2.36. The molecule has 0 amide bonds. The van der Waals surface area contributed by atoms with Crippen molar-refractivity contribution in [1.29, 1.82) is 0 Å². The molecule has 1 N–H and O–H groups in total. The maximum atomic E-state index is 14.3. The van der Waals surface area contributed by atoms with Gasteiger partial charge in [0.15, 0.2) is 0 Å². The molecule has 1 fully saturated rings. The van der Waals surface area contributed by atoms with Crippen LogP contribution in [0.1, 0.15) is 16.5 Å². The lowest BCUT2D eigenvalue weighted by Gasteiger charge is -2.35. The van der Waals surface area contributed by atoms with Gasteiger partial charge in [0, 0.05) is 41.6 Å². The summed E-state index contributed by atoms with van der Waals surface area (Å²) in [5.74, 6) is -1.17. The van der Waals surface area contributed by atoms with E-state index in [9.17, 15) is 8.78 Å². The second-order valence-corrected chi connectivity index (χ2v) is 6.40. The van der Waals surface area contributed by atoms with Crippen LogP contribution in [0.3, 0.4) is 0 Å². The van der Waals surface area contributed by atoms with E-state index in [-0.39, 0.29) is 23.0 Å². The SMILES string of the molecule is Cl.Fc1cc(Cl)cc(F)c1[C@@H](c1cccs1)N1CCNCC1. The van der Waals surface area contributed by atoms with Crippen LogP contribution in [0, 0.1) is 11.6 Å². The molecule has 0 bridgehead atoms. The number of hydrogen-bond acceptors (Lipinski definition) is 3. The summed E-state index contributed by atoms with van der Waals surface area (Å²) in [6, 6.07) is 5.79. The maximum Gasteiger partial charge on any atom is 0.132 e. The summed E-state index contributed by atoms with van der Waals surface area (Å²) in [5.41, 5.74) is 0.0868. The maximum absolute atomic E-state index is 14.3. The van der Waals surface area contributed by atoms with Gasteiger partial charge >= 0.3 is 0 Å². The van der Waals surface area contributed by atoms with E-state index < -0.39 is 17.7 Å². The van der Waals surface area contributed by atoms with Gasteiger partial charge in [-0.25, -0.2) is 8.78 Å². The van der Waals surface area contributed by atoms with Gasteiger partial charge in [0.2, 0.25) is 0 Å². The lowest BCUT2D eigenvalue weighted by atomic mass is 10.0. The fraction of sp³-hybridized carbons (Fsp3) is 0.333. The molecular weight excluding hydrogens is 349 g/mol. The highest BCUT2D eigenvalue weighted by Gasteiger charge is 2.29. The van der Waals surface area contributed by atoms with Gasteiger partial charge in [0.1, 0.15) is 11.6 Å². The number of thiophene rings is 1. The third-order valence-corrected chi connectivity index (χ3v) is 4.79. The standard InChI is InChI=1S/C15H15ClF2N2S.ClH/c16-10-8-11(17)14(12(18)9-10)15(13-2-1-7-21-13)20-5-3-19-4-6-20;/h1-2,7-9,15,19H,3-6H2;1H/t15-;/m1./s1. The largest absolute Gasteiger partial charge is 0.314 e. The Morgan fingerprint density at radius 1 is 1.18 bits per heavy atom. The van der Waals surface area contributed by atoms with Crippen LogP contribution >= 0.6 is 35.3 Å². The summed E-state index contributed by atoms with van der Waals surface area (Å²) in [6.45, 7) is 3.14. The van der Waals surface area contributed by atoms with Crippen molar-refractivity contribution >= 4 is 35.3 Å². The van der Waals surface area contributed by atoms with E-state index in [1.54, 1.807) is 0 Å². The van der Waals surface area contributed by atoms with Crippen molar-refractivity contribution in [3.63, 3.8) is 0 Å². The van der Waals surface area contributed by atoms with Gasteiger partial charge in [-0.05, 0) is 23.6 Å². The van der Waals surface area contributed by atoms with Gasteiger partial charge in [0.05, 0.1) is 6.04 Å². The Labute approximate surface area is 143 Å². The Kier molecular flexibility index (Phi) is 6.17. The highest BCUT2D eigenvalue weighted by molar-refractivity contribution is 7.10. The zero-order valence-corrected chi connectivity index (χ0v) is 14.1. The number of benzene rings is 1. The average molecular weight is 365 g/mol. The Hall–Kier alpha value is -0.720. The zero-order valence-electron chi connectivity index (χ0n) is 11.7. The number of piperazine rings is 1. The molecule has 2 nitrogen and oxygen atoms in total. The molecule has 0 saturated carbocycles. The van der Waals surface area contributed by atoms with Crippen LogP contribution in [0.2, 0.25) is 5.02 Å². The first-order chi connectivity index (χ1) is 10.2. The Morgan fingerprint density at radius 2 is 1.82 bits per heavy atom. The van der Waals surface area contributed by atoms with Crippen molar-refractivity contribution in [2.24, 2.45) is 0 Å². The normalized spacial score (nSPS) is 17.0. The van der Waals surface area contributed by atoms with Crippen LogP contribution in [0.5, 0.6) is 0 Å². The summed E-state index contributed by atoms with van der Waals surface area (Å²) in [7, 11) is 0. The molecule has 22 heavy (non-hydrogen) atoms. The van der Waals surface area contributed by atoms with Crippen LogP contribution in [-0.4, -0.2) is 31.1 Å². The number of nitrogens with one attached hydrogen (secondary N) is 1. The summed E-state index contributed by atoms with van der Waals surface area (Å²) in [6.07, 6.45) is 0. The minimum atomic E-state index is -0.586. The third kappa shape index (κ3) is 3.60. The lowest BCUT2D eigenvalue weighted by Crippen LogP contribution is -2.45. The molecule has 3 rings (SSSR count). The number of nitrogens with zero attached hydrogens (tertiary/aromatic N) is 1. The molecule has 0 aliphatic carbocycles. The van der Waals surface area contributed by atoms with E-state index in [1.807, 2.05) is 17.5 Å². The summed E-state index contributed by atoms with van der Waals surface area (Å²) >= 11 is 7.25. The van der Waals surface area contributed by atoms with Gasteiger partial charge in [-0.2, -0.15) is 0 Å². The molecule has 120 valence electrons. The second-order valence-electron chi connectivity index (χ2n) is 4.99. The van der Waals surface area contributed by atoms with Crippen LogP contribution < -0.4 is 5.32 Å². The van der Waals surface area contributed by atoms with Crippen molar-refractivity contribution in [3.05, 3.63) is 56.7 Å². The molecule has 0 spiro atoms. The zero-order chi connectivity index (χ0) is 14.8. The van der Waals surface area contributed by atoms with Crippen molar-refractivity contribution in [2.45, 2.75) is 6.04 Å². The Balaban J connectivity index is 0.00000176. The molecule has 1 atom stereocenters. The van der Waals surface area contributed by atoms with Gasteiger partial charge in [0.25, 0.3) is 0 Å². The fourth-order valence-electron chi connectivity index (χ4n) is 2.71. The van der Waals surface area contributed by atoms with Crippen LogP contribution in [-0.2, 0) is 0 Å². The minimum absolute atomic E-state index is 0. The monoisotopic (exact) mass is 364 g/mol.